The Bertz CT molecular complexity index is 1100. The van der Waals surface area contributed by atoms with Crippen LogP contribution in [0.25, 0.3) is 6.08 Å². The van der Waals surface area contributed by atoms with Gasteiger partial charge in [0.1, 0.15) is 0 Å². The zero-order chi connectivity index (χ0) is 23.8. The number of hydrogen-bond acceptors (Lipinski definition) is 6. The van der Waals surface area contributed by atoms with Crippen LogP contribution >= 0.6 is 0 Å². The molecule has 7 nitrogen and oxygen atoms in total. The third-order valence-corrected chi connectivity index (χ3v) is 5.14. The largest absolute Gasteiger partial charge is 0.493 e. The van der Waals surface area contributed by atoms with Crippen molar-refractivity contribution in [1.29, 1.82) is 0 Å². The minimum atomic E-state index is -0.237. The van der Waals surface area contributed by atoms with Crippen LogP contribution in [-0.4, -0.2) is 34.3 Å². The molecule has 7 heteroatoms. The van der Waals surface area contributed by atoms with Crippen LogP contribution in [0.1, 0.15) is 11.1 Å². The van der Waals surface area contributed by atoms with Gasteiger partial charge in [-0.1, -0.05) is 36.4 Å². The van der Waals surface area contributed by atoms with E-state index in [9.17, 15) is 4.79 Å². The third kappa shape index (κ3) is 5.98. The Morgan fingerprint density at radius 1 is 0.970 bits per heavy atom. The number of nitrogens with two attached hydrogens (primary N) is 1. The Balaban J connectivity index is 1.65. The van der Waals surface area contributed by atoms with Crippen molar-refractivity contribution in [1.82, 2.24) is 0 Å². The first-order valence-electron chi connectivity index (χ1n) is 10.4. The molecule has 3 aromatic rings. The van der Waals surface area contributed by atoms with Crippen LogP contribution in [0.15, 0.2) is 66.7 Å². The van der Waals surface area contributed by atoms with Gasteiger partial charge in [-0.3, -0.25) is 4.79 Å². The van der Waals surface area contributed by atoms with Crippen molar-refractivity contribution in [2.75, 3.05) is 44.3 Å². The number of para-hydroxylation sites is 2. The Kier molecular flexibility index (Phi) is 7.81. The molecule has 0 saturated heterocycles. The first-order chi connectivity index (χ1) is 15.9. The molecule has 172 valence electrons. The first kappa shape index (κ1) is 23.5. The summed E-state index contributed by atoms with van der Waals surface area (Å²) in [5, 5.41) is 2.78. The average molecular weight is 448 g/mol. The standard InChI is InChI=1S/C26H29N3O4/c1-29(20-15-23(31-2)26(33-4)24(16-20)32-3)17-19-11-9-18(10-12-19)13-14-25(30)28-22-8-6-5-7-21(22)27/h5-16H,17,27H2,1-4H3,(H,28,30). The number of rotatable bonds is 9. The topological polar surface area (TPSA) is 86.1 Å². The molecule has 1 amide bonds. The zero-order valence-electron chi connectivity index (χ0n) is 19.3. The van der Waals surface area contributed by atoms with Gasteiger partial charge in [0.25, 0.3) is 0 Å². The van der Waals surface area contributed by atoms with Gasteiger partial charge in [0.15, 0.2) is 11.5 Å². The van der Waals surface area contributed by atoms with Crippen LogP contribution in [0, 0.1) is 0 Å². The molecule has 3 aromatic carbocycles. The number of anilines is 3. The van der Waals surface area contributed by atoms with Crippen LogP contribution in [-0.2, 0) is 11.3 Å². The van der Waals surface area contributed by atoms with Crippen molar-refractivity contribution < 1.29 is 19.0 Å². The van der Waals surface area contributed by atoms with Crippen molar-refractivity contribution in [3.05, 3.63) is 77.9 Å². The average Bonchev–Trinajstić information content (AvgIpc) is 2.84. The molecule has 0 fully saturated rings. The van der Waals surface area contributed by atoms with Gasteiger partial charge < -0.3 is 30.2 Å². The van der Waals surface area contributed by atoms with Gasteiger partial charge in [0.2, 0.25) is 11.7 Å². The first-order valence-corrected chi connectivity index (χ1v) is 10.4. The fourth-order valence-corrected chi connectivity index (χ4v) is 3.34. The minimum Gasteiger partial charge on any atom is -0.493 e. The quantitative estimate of drug-likeness (QED) is 0.369. The number of amides is 1. The molecule has 0 aliphatic carbocycles. The molecule has 0 radical (unpaired) electrons. The van der Waals surface area contributed by atoms with Gasteiger partial charge in [-0.15, -0.1) is 0 Å². The normalized spacial score (nSPS) is 10.7. The van der Waals surface area contributed by atoms with E-state index in [0.717, 1.165) is 16.8 Å². The number of ether oxygens (including phenoxy) is 3. The highest BCUT2D eigenvalue weighted by molar-refractivity contribution is 6.03. The predicted octanol–water partition coefficient (Wildman–Crippen LogP) is 4.58. The molecule has 0 saturated carbocycles. The fraction of sp³-hybridized carbons (Fsp3) is 0.192. The van der Waals surface area contributed by atoms with Crippen LogP contribution in [0.5, 0.6) is 17.2 Å². The molecular formula is C26H29N3O4. The summed E-state index contributed by atoms with van der Waals surface area (Å²) in [4.78, 5) is 14.3. The van der Waals surface area contributed by atoms with Gasteiger partial charge in [-0.2, -0.15) is 0 Å². The van der Waals surface area contributed by atoms with E-state index in [1.165, 1.54) is 6.08 Å². The summed E-state index contributed by atoms with van der Waals surface area (Å²) in [6.45, 7) is 0.677. The number of carbonyl (C=O) groups is 1. The summed E-state index contributed by atoms with van der Waals surface area (Å²) in [6, 6.07) is 19.0. The van der Waals surface area contributed by atoms with E-state index in [1.807, 2.05) is 55.6 Å². The van der Waals surface area contributed by atoms with Gasteiger partial charge in [0.05, 0.1) is 32.7 Å². The van der Waals surface area contributed by atoms with Crippen LogP contribution in [0.3, 0.4) is 0 Å². The number of benzene rings is 3. The second kappa shape index (κ2) is 10.9. The predicted molar refractivity (Wildman–Crippen MR) is 133 cm³/mol. The second-order valence-electron chi connectivity index (χ2n) is 7.39. The molecule has 3 N–H and O–H groups in total. The monoisotopic (exact) mass is 447 g/mol. The fourth-order valence-electron chi connectivity index (χ4n) is 3.34. The maximum Gasteiger partial charge on any atom is 0.248 e. The molecule has 0 aliphatic rings. The Hall–Kier alpha value is -4.13. The number of nitrogens with one attached hydrogen (secondary N) is 1. The van der Waals surface area contributed by atoms with Crippen LogP contribution in [0.4, 0.5) is 17.1 Å². The van der Waals surface area contributed by atoms with Crippen molar-refractivity contribution in [3.63, 3.8) is 0 Å². The molecule has 33 heavy (non-hydrogen) atoms. The van der Waals surface area contributed by atoms with Gasteiger partial charge in [-0.05, 0) is 29.3 Å². The summed E-state index contributed by atoms with van der Waals surface area (Å²) in [5.41, 5.74) is 9.95. The lowest BCUT2D eigenvalue weighted by Gasteiger charge is -2.22. The Morgan fingerprint density at radius 3 is 2.18 bits per heavy atom. The summed E-state index contributed by atoms with van der Waals surface area (Å²) < 4.78 is 16.3. The van der Waals surface area contributed by atoms with E-state index >= 15 is 0 Å². The molecule has 3 rings (SSSR count). The summed E-state index contributed by atoms with van der Waals surface area (Å²) >= 11 is 0. The second-order valence-corrected chi connectivity index (χ2v) is 7.39. The molecule has 0 unspecified atom stereocenters. The number of methoxy groups -OCH3 is 3. The zero-order valence-corrected chi connectivity index (χ0v) is 19.3. The minimum absolute atomic E-state index is 0.237. The van der Waals surface area contributed by atoms with E-state index in [0.29, 0.717) is 35.2 Å². The SMILES string of the molecule is COc1cc(N(C)Cc2ccc(C=CC(=O)Nc3ccccc3N)cc2)cc(OC)c1OC. The lowest BCUT2D eigenvalue weighted by molar-refractivity contribution is -0.111. The van der Waals surface area contributed by atoms with E-state index in [2.05, 4.69) is 10.2 Å². The third-order valence-electron chi connectivity index (χ3n) is 5.14. The highest BCUT2D eigenvalue weighted by atomic mass is 16.5. The summed E-state index contributed by atoms with van der Waals surface area (Å²) in [7, 11) is 6.78. The lowest BCUT2D eigenvalue weighted by Crippen LogP contribution is -2.16. The van der Waals surface area contributed by atoms with E-state index in [-0.39, 0.29) is 5.91 Å². The maximum atomic E-state index is 12.2. The van der Waals surface area contributed by atoms with Gasteiger partial charge in [-0.25, -0.2) is 0 Å². The van der Waals surface area contributed by atoms with Crippen LogP contribution in [0.2, 0.25) is 0 Å². The number of nitrogen functional groups attached to an aromatic ring is 1. The Morgan fingerprint density at radius 2 is 1.61 bits per heavy atom. The molecule has 0 spiro atoms. The summed E-state index contributed by atoms with van der Waals surface area (Å²) in [5.74, 6) is 1.54. The van der Waals surface area contributed by atoms with Crippen molar-refractivity contribution >= 4 is 29.0 Å². The van der Waals surface area contributed by atoms with E-state index in [1.54, 1.807) is 39.5 Å². The molecule has 0 heterocycles. The van der Waals surface area contributed by atoms with Crippen molar-refractivity contribution in [2.24, 2.45) is 0 Å². The number of nitrogens with zero attached hydrogens (tertiary/aromatic N) is 1. The smallest absolute Gasteiger partial charge is 0.248 e. The summed E-state index contributed by atoms with van der Waals surface area (Å²) in [6.07, 6.45) is 3.25. The van der Waals surface area contributed by atoms with Gasteiger partial charge >= 0.3 is 0 Å². The molecule has 0 aliphatic heterocycles. The molecule has 0 atom stereocenters. The molecular weight excluding hydrogens is 418 g/mol. The van der Waals surface area contributed by atoms with Crippen LogP contribution < -0.4 is 30.2 Å². The van der Waals surface area contributed by atoms with Gasteiger partial charge in [0, 0.05) is 37.5 Å². The Labute approximate surface area is 194 Å². The maximum absolute atomic E-state index is 12.2. The van der Waals surface area contributed by atoms with Crippen molar-refractivity contribution in [3.8, 4) is 17.2 Å². The molecule has 0 bridgehead atoms. The highest BCUT2D eigenvalue weighted by Gasteiger charge is 2.15. The van der Waals surface area contributed by atoms with E-state index < -0.39 is 0 Å². The highest BCUT2D eigenvalue weighted by Crippen LogP contribution is 2.41. The molecule has 0 aromatic heterocycles. The lowest BCUT2D eigenvalue weighted by atomic mass is 10.1. The number of carbonyl (C=O) groups excluding carboxylic acids is 1. The number of hydrogen-bond donors (Lipinski definition) is 2. The van der Waals surface area contributed by atoms with E-state index in [4.69, 9.17) is 19.9 Å². The van der Waals surface area contributed by atoms with Crippen molar-refractivity contribution in [2.45, 2.75) is 6.54 Å².